The molecule has 0 aromatic heterocycles. The molecule has 0 saturated carbocycles. The Morgan fingerprint density at radius 3 is 2.33 bits per heavy atom. The van der Waals surface area contributed by atoms with E-state index in [0.717, 1.165) is 0 Å². The summed E-state index contributed by atoms with van der Waals surface area (Å²) in [6.45, 7) is 3.61. The highest BCUT2D eigenvalue weighted by atomic mass is 16.5. The predicted molar refractivity (Wildman–Crippen MR) is 111 cm³/mol. The number of rotatable bonds is 5. The molecule has 7 heteroatoms. The lowest BCUT2D eigenvalue weighted by Gasteiger charge is -2.18. The Kier molecular flexibility index (Phi) is 6.01. The molecule has 154 valence electrons. The van der Waals surface area contributed by atoms with Crippen molar-refractivity contribution in [2.24, 2.45) is 0 Å². The second-order valence-electron chi connectivity index (χ2n) is 6.48. The predicted octanol–water partition coefficient (Wildman–Crippen LogP) is 3.45. The van der Waals surface area contributed by atoms with Gasteiger partial charge in [-0.1, -0.05) is 18.2 Å². The molecule has 7 nitrogen and oxygen atoms in total. The first-order valence-corrected chi connectivity index (χ1v) is 9.30. The van der Waals surface area contributed by atoms with Gasteiger partial charge < -0.3 is 14.6 Å². The second kappa shape index (κ2) is 8.65. The lowest BCUT2D eigenvalue weighted by molar-refractivity contribution is -0.136. The van der Waals surface area contributed by atoms with E-state index < -0.39 is 17.8 Å². The topological polar surface area (TPSA) is 93.1 Å². The molecule has 0 aliphatic carbocycles. The van der Waals surface area contributed by atoms with Crippen LogP contribution in [0.1, 0.15) is 29.8 Å². The van der Waals surface area contributed by atoms with E-state index in [0.29, 0.717) is 22.5 Å². The summed E-state index contributed by atoms with van der Waals surface area (Å²) >= 11 is 0. The van der Waals surface area contributed by atoms with Crippen LogP contribution in [0.2, 0.25) is 0 Å². The van der Waals surface area contributed by atoms with E-state index in [4.69, 9.17) is 9.47 Å². The van der Waals surface area contributed by atoms with Crippen molar-refractivity contribution in [3.63, 3.8) is 0 Å². The Morgan fingerprint density at radius 2 is 1.73 bits per heavy atom. The number of carbonyl (C=O) groups excluding carboxylic acids is 3. The van der Waals surface area contributed by atoms with Gasteiger partial charge in [0.05, 0.1) is 30.4 Å². The standard InChI is InChI=1S/C23H21NO6/c1-4-30-22(27)15-9-11-17(12-10-15)24-14(2)20(23(28)29-3)18(21(24)26)13-16-7-5-6-8-19(16)25/h5-13,25H,4H2,1-3H3/b18-13-. The van der Waals surface area contributed by atoms with E-state index in [-0.39, 0.29) is 23.5 Å². The molecule has 30 heavy (non-hydrogen) atoms. The molecule has 0 atom stereocenters. The fraction of sp³-hybridized carbons (Fsp3) is 0.174. The normalized spacial score (nSPS) is 15.0. The maximum atomic E-state index is 13.2. The molecule has 0 unspecified atom stereocenters. The minimum Gasteiger partial charge on any atom is -0.507 e. The van der Waals surface area contributed by atoms with Crippen LogP contribution in [-0.4, -0.2) is 36.7 Å². The molecule has 0 spiro atoms. The third kappa shape index (κ3) is 3.82. The number of benzene rings is 2. The molecule has 1 aliphatic heterocycles. The summed E-state index contributed by atoms with van der Waals surface area (Å²) in [5.74, 6) is -1.58. The number of ether oxygens (including phenoxy) is 2. The van der Waals surface area contributed by atoms with Crippen LogP contribution in [0.5, 0.6) is 5.75 Å². The quantitative estimate of drug-likeness (QED) is 0.603. The molecule has 1 heterocycles. The van der Waals surface area contributed by atoms with Crippen molar-refractivity contribution in [1.82, 2.24) is 0 Å². The summed E-state index contributed by atoms with van der Waals surface area (Å²) in [5.41, 5.74) is 1.84. The number of phenols is 1. The average Bonchev–Trinajstić information content (AvgIpc) is 2.99. The van der Waals surface area contributed by atoms with Gasteiger partial charge in [0.25, 0.3) is 5.91 Å². The number of nitrogens with zero attached hydrogens (tertiary/aromatic N) is 1. The number of aromatic hydroxyl groups is 1. The van der Waals surface area contributed by atoms with Crippen LogP contribution in [0.25, 0.3) is 6.08 Å². The van der Waals surface area contributed by atoms with Crippen LogP contribution in [0, 0.1) is 0 Å². The molecular weight excluding hydrogens is 386 g/mol. The molecule has 0 saturated heterocycles. The fourth-order valence-corrected chi connectivity index (χ4v) is 3.22. The molecule has 1 aliphatic rings. The number of para-hydroxylation sites is 1. The van der Waals surface area contributed by atoms with E-state index in [1.807, 2.05) is 0 Å². The highest BCUT2D eigenvalue weighted by Gasteiger charge is 2.38. The summed E-state index contributed by atoms with van der Waals surface area (Å²) < 4.78 is 9.84. The molecule has 2 aromatic rings. The minimum atomic E-state index is -0.659. The number of esters is 2. The second-order valence-corrected chi connectivity index (χ2v) is 6.48. The molecule has 1 amide bonds. The maximum absolute atomic E-state index is 13.2. The Hall–Kier alpha value is -3.87. The number of hydrogen-bond donors (Lipinski definition) is 1. The lowest BCUT2D eigenvalue weighted by Crippen LogP contribution is -2.24. The van der Waals surface area contributed by atoms with Gasteiger partial charge in [0.15, 0.2) is 0 Å². The number of carbonyl (C=O) groups is 3. The molecule has 1 N–H and O–H groups in total. The van der Waals surface area contributed by atoms with Crippen molar-refractivity contribution in [3.05, 3.63) is 76.5 Å². The van der Waals surface area contributed by atoms with E-state index in [1.54, 1.807) is 56.3 Å². The first-order chi connectivity index (χ1) is 14.4. The number of amides is 1. The van der Waals surface area contributed by atoms with Gasteiger partial charge in [-0.05, 0) is 50.3 Å². The monoisotopic (exact) mass is 407 g/mol. The van der Waals surface area contributed by atoms with Crippen LogP contribution >= 0.6 is 0 Å². The Labute approximate surface area is 173 Å². The van der Waals surface area contributed by atoms with E-state index >= 15 is 0 Å². The van der Waals surface area contributed by atoms with Gasteiger partial charge >= 0.3 is 11.9 Å². The lowest BCUT2D eigenvalue weighted by atomic mass is 10.0. The van der Waals surface area contributed by atoms with E-state index in [1.165, 1.54) is 24.2 Å². The summed E-state index contributed by atoms with van der Waals surface area (Å²) in [6.07, 6.45) is 1.46. The zero-order chi connectivity index (χ0) is 21.8. The van der Waals surface area contributed by atoms with Crippen LogP contribution < -0.4 is 4.90 Å². The van der Waals surface area contributed by atoms with E-state index in [2.05, 4.69) is 0 Å². The third-order valence-corrected chi connectivity index (χ3v) is 4.66. The maximum Gasteiger partial charge on any atom is 0.340 e. The average molecular weight is 407 g/mol. The number of methoxy groups -OCH3 is 1. The first kappa shape index (κ1) is 20.9. The van der Waals surface area contributed by atoms with Gasteiger partial charge in [0.2, 0.25) is 0 Å². The molecule has 0 bridgehead atoms. The van der Waals surface area contributed by atoms with Gasteiger partial charge in [0, 0.05) is 16.9 Å². The Bertz CT molecular complexity index is 1070. The van der Waals surface area contributed by atoms with Crippen molar-refractivity contribution in [2.75, 3.05) is 18.6 Å². The minimum absolute atomic E-state index is 0.0168. The molecule has 0 fully saturated rings. The highest BCUT2D eigenvalue weighted by molar-refractivity contribution is 6.24. The summed E-state index contributed by atoms with van der Waals surface area (Å²) in [6, 6.07) is 12.8. The van der Waals surface area contributed by atoms with Crippen molar-refractivity contribution in [1.29, 1.82) is 0 Å². The van der Waals surface area contributed by atoms with Gasteiger partial charge in [-0.3, -0.25) is 9.69 Å². The molecule has 3 rings (SSSR count). The van der Waals surface area contributed by atoms with Crippen LogP contribution in [0.3, 0.4) is 0 Å². The SMILES string of the molecule is CCOC(=O)c1ccc(N2C(=O)/C(=C\c3ccccc3O)C(C(=O)OC)=C2C)cc1. The molecule has 2 aromatic carbocycles. The van der Waals surface area contributed by atoms with Gasteiger partial charge in [-0.2, -0.15) is 0 Å². The van der Waals surface area contributed by atoms with Crippen molar-refractivity contribution in [3.8, 4) is 5.75 Å². The number of anilines is 1. The number of hydrogen-bond acceptors (Lipinski definition) is 6. The van der Waals surface area contributed by atoms with E-state index in [9.17, 15) is 19.5 Å². The van der Waals surface area contributed by atoms with Crippen LogP contribution in [0.4, 0.5) is 5.69 Å². The Morgan fingerprint density at radius 1 is 1.07 bits per heavy atom. The zero-order valence-electron chi connectivity index (χ0n) is 16.8. The van der Waals surface area contributed by atoms with Crippen molar-refractivity contribution < 1.29 is 29.0 Å². The summed E-state index contributed by atoms with van der Waals surface area (Å²) in [4.78, 5) is 38.9. The first-order valence-electron chi connectivity index (χ1n) is 9.30. The Balaban J connectivity index is 2.06. The van der Waals surface area contributed by atoms with Gasteiger partial charge in [0.1, 0.15) is 5.75 Å². The third-order valence-electron chi connectivity index (χ3n) is 4.66. The summed E-state index contributed by atoms with van der Waals surface area (Å²) in [7, 11) is 1.24. The molecular formula is C23H21NO6. The number of allylic oxidation sites excluding steroid dienone is 1. The number of phenolic OH excluding ortho intramolecular Hbond substituents is 1. The zero-order valence-corrected chi connectivity index (χ0v) is 16.8. The largest absolute Gasteiger partial charge is 0.507 e. The van der Waals surface area contributed by atoms with Crippen molar-refractivity contribution in [2.45, 2.75) is 13.8 Å². The highest BCUT2D eigenvalue weighted by Crippen LogP contribution is 2.36. The van der Waals surface area contributed by atoms with Crippen LogP contribution in [-0.2, 0) is 19.1 Å². The summed E-state index contributed by atoms with van der Waals surface area (Å²) in [5, 5.41) is 10.1. The fourth-order valence-electron chi connectivity index (χ4n) is 3.22. The van der Waals surface area contributed by atoms with Crippen LogP contribution in [0.15, 0.2) is 65.4 Å². The van der Waals surface area contributed by atoms with Gasteiger partial charge in [-0.25, -0.2) is 9.59 Å². The van der Waals surface area contributed by atoms with Gasteiger partial charge in [-0.15, -0.1) is 0 Å². The van der Waals surface area contributed by atoms with Crippen molar-refractivity contribution >= 4 is 29.6 Å². The molecule has 0 radical (unpaired) electrons. The smallest absolute Gasteiger partial charge is 0.340 e.